The molecular weight excluding hydrogens is 745 g/mol. The molecule has 0 aromatic heterocycles. The normalized spacial score (nSPS) is 12.8. The molecule has 0 fully saturated rings. The van der Waals surface area contributed by atoms with Crippen molar-refractivity contribution in [3.05, 3.63) is 194 Å². The SMILES string of the molecule is CC(C)(C)c1ccccc1-c1cc2ccc3ccc4c5c(-c6ccccc6)c6cc7c(cc6c(-c6ccccc6)c5c5cc(c1)c2c3c45)c1cccc2c3ccccc3cc7c21. The van der Waals surface area contributed by atoms with Crippen LogP contribution in [0.25, 0.3) is 141 Å². The highest BCUT2D eigenvalue weighted by Crippen LogP contribution is 2.55. The molecule has 0 N–H and O–H groups in total. The van der Waals surface area contributed by atoms with Gasteiger partial charge in [0, 0.05) is 0 Å². The summed E-state index contributed by atoms with van der Waals surface area (Å²) in [6.45, 7) is 6.98. The molecule has 0 spiro atoms. The molecule has 0 aliphatic carbocycles. The zero-order chi connectivity index (χ0) is 41.0. The van der Waals surface area contributed by atoms with Crippen molar-refractivity contribution in [3.8, 4) is 33.4 Å². The Kier molecular flexibility index (Phi) is 6.65. The van der Waals surface area contributed by atoms with Crippen molar-refractivity contribution in [3.63, 3.8) is 0 Å². The molecule has 0 nitrogen and oxygen atoms in total. The second kappa shape index (κ2) is 12.1. The summed E-state index contributed by atoms with van der Waals surface area (Å²) in [5, 5.41) is 26.5. The van der Waals surface area contributed by atoms with E-state index in [2.05, 4.69) is 209 Å². The van der Waals surface area contributed by atoms with Gasteiger partial charge < -0.3 is 0 Å². The van der Waals surface area contributed by atoms with Crippen LogP contribution in [0.4, 0.5) is 0 Å². The van der Waals surface area contributed by atoms with Crippen molar-refractivity contribution in [2.45, 2.75) is 26.2 Å². The van der Waals surface area contributed by atoms with Gasteiger partial charge in [-0.2, -0.15) is 0 Å². The Morgan fingerprint density at radius 3 is 1.56 bits per heavy atom. The van der Waals surface area contributed by atoms with Crippen LogP contribution in [0.1, 0.15) is 26.3 Å². The van der Waals surface area contributed by atoms with E-state index in [-0.39, 0.29) is 5.41 Å². The zero-order valence-corrected chi connectivity index (χ0v) is 34.9. The van der Waals surface area contributed by atoms with E-state index in [1.807, 2.05) is 0 Å². The average molecular weight is 785 g/mol. The lowest BCUT2D eigenvalue weighted by molar-refractivity contribution is 0.592. The number of hydrogen-bond donors (Lipinski definition) is 0. The molecule has 0 saturated heterocycles. The molecule has 0 aliphatic rings. The minimum Gasteiger partial charge on any atom is -0.0622 e. The predicted molar refractivity (Wildman–Crippen MR) is 270 cm³/mol. The number of fused-ring (bicyclic) bond motifs is 9. The minimum atomic E-state index is 0.0110. The van der Waals surface area contributed by atoms with Crippen molar-refractivity contribution in [2.24, 2.45) is 0 Å². The van der Waals surface area contributed by atoms with Gasteiger partial charge in [-0.05, 0) is 188 Å². The first-order valence-electron chi connectivity index (χ1n) is 22.0. The van der Waals surface area contributed by atoms with Gasteiger partial charge in [0.2, 0.25) is 0 Å². The molecule has 14 rings (SSSR count). The molecule has 0 atom stereocenters. The summed E-state index contributed by atoms with van der Waals surface area (Å²) in [5.74, 6) is 0. The highest BCUT2D eigenvalue weighted by atomic mass is 14.3. The fourth-order valence-electron chi connectivity index (χ4n) is 11.8. The standard InChI is InChI=1S/C62H40/c1-62(2,3)53-24-13-12-21-43(53)40-29-39-26-25-37-27-28-46-59-52(32-41(30-40)54(39)57(37)59)61-56(36-17-8-5-9-18-36)50-33-47-45-23-14-22-44-42-20-11-10-19-38(42)31-49(58(44)45)48(47)34-51(50)55(60(46)61)35-15-6-4-7-16-35/h4-34H,1-3H3. The van der Waals surface area contributed by atoms with Gasteiger partial charge in [0.15, 0.2) is 0 Å². The molecule has 0 radical (unpaired) electrons. The lowest BCUT2D eigenvalue weighted by Crippen LogP contribution is -2.12. The Morgan fingerprint density at radius 1 is 0.258 bits per heavy atom. The Morgan fingerprint density at radius 2 is 0.823 bits per heavy atom. The number of benzene rings is 12. The van der Waals surface area contributed by atoms with Crippen LogP contribution in [0, 0.1) is 0 Å². The molecule has 0 heterocycles. The Balaban J connectivity index is 1.23. The van der Waals surface area contributed by atoms with E-state index in [4.69, 9.17) is 0 Å². The highest BCUT2D eigenvalue weighted by molar-refractivity contribution is 6.46. The van der Waals surface area contributed by atoms with E-state index in [0.717, 1.165) is 0 Å². The third kappa shape index (κ3) is 4.46. The lowest BCUT2D eigenvalue weighted by atomic mass is 9.81. The van der Waals surface area contributed by atoms with E-state index in [1.54, 1.807) is 0 Å². The van der Waals surface area contributed by atoms with E-state index in [9.17, 15) is 0 Å². The van der Waals surface area contributed by atoms with Crippen LogP contribution in [0.5, 0.6) is 0 Å². The molecule has 14 aromatic carbocycles. The van der Waals surface area contributed by atoms with Crippen LogP contribution in [0.15, 0.2) is 188 Å². The molecule has 0 saturated carbocycles. The van der Waals surface area contributed by atoms with E-state index in [0.29, 0.717) is 0 Å². The summed E-state index contributed by atoms with van der Waals surface area (Å²) in [6, 6.07) is 71.7. The van der Waals surface area contributed by atoms with Gasteiger partial charge in [-0.3, -0.25) is 0 Å². The van der Waals surface area contributed by atoms with Gasteiger partial charge in [-0.1, -0.05) is 172 Å². The minimum absolute atomic E-state index is 0.0110. The molecule has 0 heteroatoms. The van der Waals surface area contributed by atoms with Crippen molar-refractivity contribution in [1.29, 1.82) is 0 Å². The van der Waals surface area contributed by atoms with E-state index in [1.165, 1.54) is 147 Å². The van der Waals surface area contributed by atoms with Crippen molar-refractivity contribution < 1.29 is 0 Å². The molecule has 0 amide bonds. The summed E-state index contributed by atoms with van der Waals surface area (Å²) >= 11 is 0. The first-order valence-corrected chi connectivity index (χ1v) is 22.0. The third-order valence-electron chi connectivity index (χ3n) is 14.3. The van der Waals surface area contributed by atoms with Crippen LogP contribution >= 0.6 is 0 Å². The molecular formula is C62H40. The smallest absolute Gasteiger partial charge is 0.000719 e. The summed E-state index contributed by atoms with van der Waals surface area (Å²) in [4.78, 5) is 0. The topological polar surface area (TPSA) is 0 Å². The maximum absolute atomic E-state index is 2.55. The molecule has 62 heavy (non-hydrogen) atoms. The van der Waals surface area contributed by atoms with Crippen LogP contribution in [0.2, 0.25) is 0 Å². The fraction of sp³-hybridized carbons (Fsp3) is 0.0645. The van der Waals surface area contributed by atoms with Gasteiger partial charge in [-0.25, -0.2) is 0 Å². The number of rotatable bonds is 3. The van der Waals surface area contributed by atoms with Gasteiger partial charge in [-0.15, -0.1) is 0 Å². The molecule has 288 valence electrons. The second-order valence-electron chi connectivity index (χ2n) is 18.7. The number of hydrogen-bond acceptors (Lipinski definition) is 0. The highest BCUT2D eigenvalue weighted by Gasteiger charge is 2.27. The average Bonchev–Trinajstić information content (AvgIpc) is 3.80. The van der Waals surface area contributed by atoms with Crippen molar-refractivity contribution in [2.75, 3.05) is 0 Å². The zero-order valence-electron chi connectivity index (χ0n) is 34.9. The van der Waals surface area contributed by atoms with Crippen LogP contribution in [-0.2, 0) is 5.41 Å². The third-order valence-corrected chi connectivity index (χ3v) is 14.3. The monoisotopic (exact) mass is 784 g/mol. The molecule has 14 aromatic rings. The summed E-state index contributed by atoms with van der Waals surface area (Å²) in [6.07, 6.45) is 0. The molecule has 0 unspecified atom stereocenters. The summed E-state index contributed by atoms with van der Waals surface area (Å²) in [5.41, 5.74) is 9.08. The summed E-state index contributed by atoms with van der Waals surface area (Å²) in [7, 11) is 0. The Labute approximate surface area is 359 Å². The van der Waals surface area contributed by atoms with Gasteiger partial charge in [0.25, 0.3) is 0 Å². The van der Waals surface area contributed by atoms with Crippen molar-refractivity contribution in [1.82, 2.24) is 0 Å². The predicted octanol–water partition coefficient (Wildman–Crippen LogP) is 17.8. The van der Waals surface area contributed by atoms with Crippen LogP contribution < -0.4 is 0 Å². The maximum atomic E-state index is 2.55. The Bertz CT molecular complexity index is 4150. The van der Waals surface area contributed by atoms with Crippen LogP contribution in [-0.4, -0.2) is 0 Å². The van der Waals surface area contributed by atoms with Crippen molar-refractivity contribution >= 4 is 108 Å². The fourth-order valence-corrected chi connectivity index (χ4v) is 11.8. The summed E-state index contributed by atoms with van der Waals surface area (Å²) < 4.78 is 0. The van der Waals surface area contributed by atoms with Gasteiger partial charge >= 0.3 is 0 Å². The second-order valence-corrected chi connectivity index (χ2v) is 18.7. The maximum Gasteiger partial charge on any atom is -0.000719 e. The first-order chi connectivity index (χ1) is 30.4. The Hall–Kier alpha value is -7.54. The van der Waals surface area contributed by atoms with E-state index >= 15 is 0 Å². The van der Waals surface area contributed by atoms with Gasteiger partial charge in [0.1, 0.15) is 0 Å². The quantitative estimate of drug-likeness (QED) is 0.157. The van der Waals surface area contributed by atoms with Crippen LogP contribution in [0.3, 0.4) is 0 Å². The van der Waals surface area contributed by atoms with Gasteiger partial charge in [0.05, 0.1) is 0 Å². The largest absolute Gasteiger partial charge is 0.0622 e. The molecule has 0 bridgehead atoms. The first kappa shape index (κ1) is 34.2. The lowest BCUT2D eigenvalue weighted by Gasteiger charge is -2.23. The molecule has 0 aliphatic heterocycles. The van der Waals surface area contributed by atoms with E-state index < -0.39 is 0 Å².